The number of rotatable bonds is 6. The van der Waals surface area contributed by atoms with Crippen LogP contribution < -0.4 is 0 Å². The highest BCUT2D eigenvalue weighted by Crippen LogP contribution is 2.40. The minimum absolute atomic E-state index is 0.114. The number of carboxylic acid groups (broad SMARTS) is 1. The van der Waals surface area contributed by atoms with E-state index in [0.717, 1.165) is 5.57 Å². The van der Waals surface area contributed by atoms with Gasteiger partial charge in [0.15, 0.2) is 0 Å². The van der Waals surface area contributed by atoms with Gasteiger partial charge in [-0.05, 0) is 74.3 Å². The molecular weight excluding hydrogens is 360 g/mol. The molecule has 29 heavy (non-hydrogen) atoms. The zero-order valence-electron chi connectivity index (χ0n) is 18.1. The highest BCUT2D eigenvalue weighted by atomic mass is 16.4. The van der Waals surface area contributed by atoms with E-state index in [4.69, 9.17) is 0 Å². The Morgan fingerprint density at radius 2 is 1.76 bits per heavy atom. The van der Waals surface area contributed by atoms with E-state index < -0.39 is 5.97 Å². The van der Waals surface area contributed by atoms with Crippen molar-refractivity contribution in [2.45, 2.75) is 53.9 Å². The summed E-state index contributed by atoms with van der Waals surface area (Å²) in [5.74, 6) is -0.871. The maximum absolute atomic E-state index is 11.7. The number of aliphatic carboxylic acids is 1. The standard InChI is InChI=1S/C26H32O3/c1-18(11-16-23-19(2)10-7-17-26(23,4)5)8-6-9-20(3)24(25(28)29)21-12-14-22(27)15-13-21/h6,8-9,11-16,27H,7,10,17H2,1-5H3,(H,28,29). The summed E-state index contributed by atoms with van der Waals surface area (Å²) < 4.78 is 0. The fraction of sp³-hybridized carbons (Fsp3) is 0.346. The molecule has 0 aromatic heterocycles. The second kappa shape index (κ2) is 9.60. The van der Waals surface area contributed by atoms with Crippen LogP contribution in [0.1, 0.15) is 59.4 Å². The minimum atomic E-state index is -0.986. The lowest BCUT2D eigenvalue weighted by atomic mass is 9.72. The molecule has 0 fully saturated rings. The number of phenolic OH excluding ortho intramolecular Hbond substituents is 1. The van der Waals surface area contributed by atoms with Crippen LogP contribution in [0.2, 0.25) is 0 Å². The maximum Gasteiger partial charge on any atom is 0.336 e. The van der Waals surface area contributed by atoms with Gasteiger partial charge in [0.2, 0.25) is 0 Å². The smallest absolute Gasteiger partial charge is 0.336 e. The summed E-state index contributed by atoms with van der Waals surface area (Å²) in [6, 6.07) is 6.21. The van der Waals surface area contributed by atoms with E-state index in [1.54, 1.807) is 19.1 Å². The number of aromatic hydroxyl groups is 1. The molecule has 3 heteroatoms. The average molecular weight is 393 g/mol. The number of phenols is 1. The van der Waals surface area contributed by atoms with Crippen molar-refractivity contribution >= 4 is 11.5 Å². The van der Waals surface area contributed by atoms with E-state index in [-0.39, 0.29) is 16.7 Å². The molecule has 0 radical (unpaired) electrons. The van der Waals surface area contributed by atoms with E-state index in [1.807, 2.05) is 25.2 Å². The van der Waals surface area contributed by atoms with Gasteiger partial charge in [0.05, 0.1) is 5.57 Å². The van der Waals surface area contributed by atoms with E-state index in [0.29, 0.717) is 11.1 Å². The van der Waals surface area contributed by atoms with Crippen LogP contribution in [0.5, 0.6) is 5.75 Å². The highest BCUT2D eigenvalue weighted by molar-refractivity contribution is 6.16. The first kappa shape index (κ1) is 22.5. The third-order valence-electron chi connectivity index (χ3n) is 5.52. The topological polar surface area (TPSA) is 57.5 Å². The van der Waals surface area contributed by atoms with Crippen molar-refractivity contribution in [3.63, 3.8) is 0 Å². The molecule has 0 bridgehead atoms. The predicted octanol–water partition coefficient (Wildman–Crippen LogP) is 6.84. The first-order valence-electron chi connectivity index (χ1n) is 10.1. The fourth-order valence-corrected chi connectivity index (χ4v) is 3.86. The average Bonchev–Trinajstić information content (AvgIpc) is 2.62. The van der Waals surface area contributed by atoms with Gasteiger partial charge in [-0.3, -0.25) is 0 Å². The molecule has 2 N–H and O–H groups in total. The molecule has 1 aromatic carbocycles. The predicted molar refractivity (Wildman–Crippen MR) is 121 cm³/mol. The van der Waals surface area contributed by atoms with Crippen LogP contribution in [-0.4, -0.2) is 16.2 Å². The van der Waals surface area contributed by atoms with Gasteiger partial charge in [-0.2, -0.15) is 0 Å². The van der Waals surface area contributed by atoms with Gasteiger partial charge in [-0.1, -0.05) is 67.5 Å². The molecule has 2 rings (SSSR count). The molecule has 0 saturated carbocycles. The first-order valence-corrected chi connectivity index (χ1v) is 10.1. The summed E-state index contributed by atoms with van der Waals surface area (Å²) in [5, 5.41) is 19.0. The van der Waals surface area contributed by atoms with Crippen LogP contribution >= 0.6 is 0 Å². The normalized spacial score (nSPS) is 18.4. The summed E-state index contributed by atoms with van der Waals surface area (Å²) >= 11 is 0. The molecule has 1 aromatic rings. The summed E-state index contributed by atoms with van der Waals surface area (Å²) in [6.07, 6.45) is 13.7. The number of hydrogen-bond donors (Lipinski definition) is 2. The molecule has 0 unspecified atom stereocenters. The summed E-state index contributed by atoms with van der Waals surface area (Å²) in [4.78, 5) is 11.7. The zero-order valence-corrected chi connectivity index (χ0v) is 18.1. The van der Waals surface area contributed by atoms with Crippen LogP contribution in [-0.2, 0) is 4.79 Å². The molecule has 0 heterocycles. The minimum Gasteiger partial charge on any atom is -0.508 e. The quantitative estimate of drug-likeness (QED) is 0.412. The Labute approximate surface area is 174 Å². The molecule has 154 valence electrons. The Morgan fingerprint density at radius 1 is 1.10 bits per heavy atom. The third kappa shape index (κ3) is 6.08. The molecule has 0 aliphatic heterocycles. The number of carboxylic acids is 1. The number of benzene rings is 1. The number of hydrogen-bond acceptors (Lipinski definition) is 2. The van der Waals surface area contributed by atoms with Gasteiger partial charge in [-0.25, -0.2) is 4.79 Å². The van der Waals surface area contributed by atoms with Crippen LogP contribution in [0.15, 0.2) is 76.9 Å². The number of allylic oxidation sites excluding steroid dienone is 9. The Bertz CT molecular complexity index is 904. The molecule has 0 spiro atoms. The second-order valence-corrected chi connectivity index (χ2v) is 8.44. The monoisotopic (exact) mass is 392 g/mol. The molecule has 1 aliphatic carbocycles. The van der Waals surface area contributed by atoms with Crippen LogP contribution in [0.4, 0.5) is 0 Å². The van der Waals surface area contributed by atoms with Crippen molar-refractivity contribution in [3.05, 3.63) is 82.5 Å². The van der Waals surface area contributed by atoms with Gasteiger partial charge in [0.1, 0.15) is 5.75 Å². The molecule has 3 nitrogen and oxygen atoms in total. The van der Waals surface area contributed by atoms with E-state index in [2.05, 4.69) is 32.9 Å². The van der Waals surface area contributed by atoms with Gasteiger partial charge >= 0.3 is 5.97 Å². The lowest BCUT2D eigenvalue weighted by Crippen LogP contribution is -2.19. The van der Waals surface area contributed by atoms with Crippen molar-refractivity contribution in [2.24, 2.45) is 5.41 Å². The SMILES string of the molecule is CC(C=CC1=C(C)CCCC1(C)C)=CC=CC(C)=C(C(=O)O)c1ccc(O)cc1. The Balaban J connectivity index is 2.21. The van der Waals surface area contributed by atoms with Gasteiger partial charge in [0, 0.05) is 0 Å². The van der Waals surface area contributed by atoms with Crippen LogP contribution in [0.25, 0.3) is 5.57 Å². The van der Waals surface area contributed by atoms with Crippen molar-refractivity contribution in [1.29, 1.82) is 0 Å². The maximum atomic E-state index is 11.7. The van der Waals surface area contributed by atoms with Crippen LogP contribution in [0, 0.1) is 5.41 Å². The van der Waals surface area contributed by atoms with E-state index in [9.17, 15) is 15.0 Å². The van der Waals surface area contributed by atoms with E-state index >= 15 is 0 Å². The van der Waals surface area contributed by atoms with Crippen molar-refractivity contribution < 1.29 is 15.0 Å². The second-order valence-electron chi connectivity index (χ2n) is 8.44. The number of carbonyl (C=O) groups is 1. The summed E-state index contributed by atoms with van der Waals surface area (Å²) in [7, 11) is 0. The molecule has 1 aliphatic rings. The van der Waals surface area contributed by atoms with Crippen LogP contribution in [0.3, 0.4) is 0 Å². The highest BCUT2D eigenvalue weighted by Gasteiger charge is 2.26. The van der Waals surface area contributed by atoms with Crippen molar-refractivity contribution in [1.82, 2.24) is 0 Å². The molecule has 0 saturated heterocycles. The summed E-state index contributed by atoms with van der Waals surface area (Å²) in [5.41, 5.74) is 5.68. The van der Waals surface area contributed by atoms with Gasteiger partial charge < -0.3 is 10.2 Å². The van der Waals surface area contributed by atoms with Crippen molar-refractivity contribution in [3.8, 4) is 5.75 Å². The molecule has 0 amide bonds. The zero-order chi connectivity index (χ0) is 21.6. The van der Waals surface area contributed by atoms with Gasteiger partial charge in [0.25, 0.3) is 0 Å². The molecular formula is C26H32O3. The van der Waals surface area contributed by atoms with E-state index in [1.165, 1.54) is 42.5 Å². The lowest BCUT2D eigenvalue weighted by Gasteiger charge is -2.32. The summed E-state index contributed by atoms with van der Waals surface area (Å²) in [6.45, 7) is 10.7. The molecule has 0 atom stereocenters. The lowest BCUT2D eigenvalue weighted by molar-refractivity contribution is -0.130. The third-order valence-corrected chi connectivity index (χ3v) is 5.52. The Morgan fingerprint density at radius 3 is 2.34 bits per heavy atom. The largest absolute Gasteiger partial charge is 0.508 e. The Kier molecular flexibility index (Phi) is 7.44. The Hall–Kier alpha value is -2.81. The van der Waals surface area contributed by atoms with Gasteiger partial charge in [-0.15, -0.1) is 0 Å². The van der Waals surface area contributed by atoms with Crippen molar-refractivity contribution in [2.75, 3.05) is 0 Å². The fourth-order valence-electron chi connectivity index (χ4n) is 3.86. The first-order chi connectivity index (χ1) is 13.6.